The molecule has 0 unspecified atom stereocenters. The molecule has 3 rings (SSSR count). The topological polar surface area (TPSA) is 50.9 Å². The summed E-state index contributed by atoms with van der Waals surface area (Å²) in [5, 5.41) is 3.38. The van der Waals surface area contributed by atoms with Gasteiger partial charge in [-0.05, 0) is 49.3 Å². The van der Waals surface area contributed by atoms with Gasteiger partial charge < -0.3 is 11.1 Å². The van der Waals surface area contributed by atoms with Crippen LogP contribution in [-0.2, 0) is 12.6 Å². The van der Waals surface area contributed by atoms with E-state index in [0.29, 0.717) is 12.0 Å². The first kappa shape index (κ1) is 12.7. The molecule has 2 fully saturated rings. The second-order valence-electron chi connectivity index (χ2n) is 5.57. The summed E-state index contributed by atoms with van der Waals surface area (Å²) in [5.41, 5.74) is 5.46. The highest BCUT2D eigenvalue weighted by Gasteiger charge is 2.42. The van der Waals surface area contributed by atoms with Gasteiger partial charge >= 0.3 is 6.18 Å². The molecule has 0 amide bonds. The number of hydrogen-bond donors (Lipinski definition) is 2. The minimum Gasteiger partial charge on any atom is -0.383 e. The number of hydrogen-bond acceptors (Lipinski definition) is 3. The van der Waals surface area contributed by atoms with Gasteiger partial charge in [-0.25, -0.2) is 4.98 Å². The summed E-state index contributed by atoms with van der Waals surface area (Å²) < 4.78 is 38.0. The average molecular weight is 271 g/mol. The van der Waals surface area contributed by atoms with Gasteiger partial charge in [0.2, 0.25) is 0 Å². The number of rotatable bonds is 2. The van der Waals surface area contributed by atoms with Gasteiger partial charge in [0.15, 0.2) is 0 Å². The van der Waals surface area contributed by atoms with E-state index in [1.165, 1.54) is 6.42 Å². The number of nitrogens with two attached hydrogens (primary N) is 1. The molecule has 1 saturated carbocycles. The van der Waals surface area contributed by atoms with Gasteiger partial charge in [-0.2, -0.15) is 13.2 Å². The number of halogens is 3. The van der Waals surface area contributed by atoms with E-state index in [2.05, 4.69) is 10.3 Å². The van der Waals surface area contributed by atoms with E-state index >= 15 is 0 Å². The highest BCUT2D eigenvalue weighted by Crippen LogP contribution is 2.44. The normalized spacial score (nSPS) is 29.9. The van der Waals surface area contributed by atoms with Crippen molar-refractivity contribution in [1.29, 1.82) is 0 Å². The highest BCUT2D eigenvalue weighted by molar-refractivity contribution is 5.42. The predicted molar refractivity (Wildman–Crippen MR) is 65.4 cm³/mol. The van der Waals surface area contributed by atoms with Crippen LogP contribution in [0, 0.1) is 11.8 Å². The number of aromatic nitrogens is 1. The van der Waals surface area contributed by atoms with Gasteiger partial charge in [-0.15, -0.1) is 0 Å². The Kier molecular flexibility index (Phi) is 2.92. The maximum absolute atomic E-state index is 12.7. The zero-order valence-corrected chi connectivity index (χ0v) is 10.4. The van der Waals surface area contributed by atoms with E-state index in [1.54, 1.807) is 0 Å². The SMILES string of the molecule is Nc1ncc(C(F)(F)F)cc1C[C@@H]1C[C@@H]2C[C@@H]2CN1. The summed E-state index contributed by atoms with van der Waals surface area (Å²) in [6.45, 7) is 0.974. The molecule has 2 aliphatic rings. The lowest BCUT2D eigenvalue weighted by Crippen LogP contribution is -2.37. The number of piperidine rings is 1. The standard InChI is InChI=1S/C13H16F3N3/c14-13(15,16)10-2-8(12(17)19-6-10)4-11-3-7-1-9(7)5-18-11/h2,6-7,9,11,18H,1,3-5H2,(H2,17,19)/t7-,9+,11-/m0/s1. The van der Waals surface area contributed by atoms with Crippen LogP contribution in [0.15, 0.2) is 12.3 Å². The Balaban J connectivity index is 1.75. The van der Waals surface area contributed by atoms with Crippen molar-refractivity contribution >= 4 is 5.82 Å². The lowest BCUT2D eigenvalue weighted by Gasteiger charge is -2.23. The Labute approximate surface area is 109 Å². The largest absolute Gasteiger partial charge is 0.417 e. The maximum atomic E-state index is 12.7. The average Bonchev–Trinajstić information content (AvgIpc) is 3.09. The van der Waals surface area contributed by atoms with Crippen molar-refractivity contribution in [2.24, 2.45) is 11.8 Å². The summed E-state index contributed by atoms with van der Waals surface area (Å²) in [5.74, 6) is 1.74. The molecule has 0 aromatic carbocycles. The molecule has 1 saturated heterocycles. The molecule has 3 atom stereocenters. The molecule has 2 heterocycles. The quantitative estimate of drug-likeness (QED) is 0.867. The minimum atomic E-state index is -4.36. The highest BCUT2D eigenvalue weighted by atomic mass is 19.4. The first-order chi connectivity index (χ1) is 8.93. The molecule has 3 nitrogen and oxygen atoms in total. The van der Waals surface area contributed by atoms with Crippen LogP contribution in [-0.4, -0.2) is 17.6 Å². The first-order valence-electron chi connectivity index (χ1n) is 6.48. The Bertz CT molecular complexity index is 487. The molecule has 3 N–H and O–H groups in total. The summed E-state index contributed by atoms with van der Waals surface area (Å²) >= 11 is 0. The lowest BCUT2D eigenvalue weighted by molar-refractivity contribution is -0.137. The van der Waals surface area contributed by atoms with Gasteiger partial charge in [0.05, 0.1) is 5.56 Å². The molecule has 1 aliphatic heterocycles. The van der Waals surface area contributed by atoms with E-state index < -0.39 is 11.7 Å². The van der Waals surface area contributed by atoms with Crippen LogP contribution in [0.5, 0.6) is 0 Å². The zero-order chi connectivity index (χ0) is 13.6. The number of alkyl halides is 3. The number of fused-ring (bicyclic) bond motifs is 1. The molecule has 0 bridgehead atoms. The van der Waals surface area contributed by atoms with Crippen molar-refractivity contribution in [2.45, 2.75) is 31.5 Å². The van der Waals surface area contributed by atoms with E-state index in [0.717, 1.165) is 37.1 Å². The maximum Gasteiger partial charge on any atom is 0.417 e. The van der Waals surface area contributed by atoms with E-state index in [9.17, 15) is 13.2 Å². The van der Waals surface area contributed by atoms with Crippen LogP contribution in [0.4, 0.5) is 19.0 Å². The van der Waals surface area contributed by atoms with Crippen LogP contribution < -0.4 is 11.1 Å². The lowest BCUT2D eigenvalue weighted by atomic mass is 9.97. The first-order valence-corrected chi connectivity index (χ1v) is 6.48. The zero-order valence-electron chi connectivity index (χ0n) is 10.4. The van der Waals surface area contributed by atoms with Crippen molar-refractivity contribution in [2.75, 3.05) is 12.3 Å². The van der Waals surface area contributed by atoms with Crippen molar-refractivity contribution in [3.8, 4) is 0 Å². The van der Waals surface area contributed by atoms with Crippen LogP contribution in [0.3, 0.4) is 0 Å². The third-order valence-electron chi connectivity index (χ3n) is 4.12. The molecule has 104 valence electrons. The summed E-state index contributed by atoms with van der Waals surface area (Å²) in [7, 11) is 0. The van der Waals surface area contributed by atoms with E-state index in [4.69, 9.17) is 5.73 Å². The van der Waals surface area contributed by atoms with Gasteiger partial charge in [-0.1, -0.05) is 0 Å². The van der Waals surface area contributed by atoms with Crippen LogP contribution in [0.2, 0.25) is 0 Å². The third kappa shape index (κ3) is 2.68. The Morgan fingerprint density at radius 2 is 2.11 bits per heavy atom. The van der Waals surface area contributed by atoms with Crippen molar-refractivity contribution in [3.05, 3.63) is 23.4 Å². The number of nitrogens with zero attached hydrogens (tertiary/aromatic N) is 1. The molecule has 1 aromatic rings. The Hall–Kier alpha value is -1.30. The predicted octanol–water partition coefficient (Wildman–Crippen LogP) is 2.22. The van der Waals surface area contributed by atoms with Gasteiger partial charge in [0, 0.05) is 12.2 Å². The third-order valence-corrected chi connectivity index (χ3v) is 4.12. The number of nitrogen functional groups attached to an aromatic ring is 1. The summed E-state index contributed by atoms with van der Waals surface area (Å²) in [6.07, 6.45) is -0.771. The van der Waals surface area contributed by atoms with Crippen LogP contribution >= 0.6 is 0 Å². The van der Waals surface area contributed by atoms with Crippen molar-refractivity contribution in [3.63, 3.8) is 0 Å². The number of anilines is 1. The van der Waals surface area contributed by atoms with Gasteiger partial charge in [0.1, 0.15) is 5.82 Å². The molecule has 19 heavy (non-hydrogen) atoms. The molecular weight excluding hydrogens is 255 g/mol. The Morgan fingerprint density at radius 3 is 2.79 bits per heavy atom. The summed E-state index contributed by atoms with van der Waals surface area (Å²) in [6, 6.07) is 1.35. The van der Waals surface area contributed by atoms with Gasteiger partial charge in [0.25, 0.3) is 0 Å². The fourth-order valence-corrected chi connectivity index (χ4v) is 2.88. The van der Waals surface area contributed by atoms with Gasteiger partial charge in [-0.3, -0.25) is 0 Å². The number of pyridine rings is 1. The Morgan fingerprint density at radius 1 is 1.32 bits per heavy atom. The second-order valence-corrected chi connectivity index (χ2v) is 5.57. The molecule has 0 spiro atoms. The van der Waals surface area contributed by atoms with E-state index in [-0.39, 0.29) is 11.9 Å². The second kappa shape index (κ2) is 4.37. The number of nitrogens with one attached hydrogen (secondary N) is 1. The molecule has 1 aromatic heterocycles. The van der Waals surface area contributed by atoms with Crippen molar-refractivity contribution < 1.29 is 13.2 Å². The molecular formula is C13H16F3N3. The molecule has 0 radical (unpaired) electrons. The van der Waals surface area contributed by atoms with Crippen LogP contribution in [0.1, 0.15) is 24.0 Å². The fourth-order valence-electron chi connectivity index (χ4n) is 2.88. The fraction of sp³-hybridized carbons (Fsp3) is 0.615. The monoisotopic (exact) mass is 271 g/mol. The smallest absolute Gasteiger partial charge is 0.383 e. The van der Waals surface area contributed by atoms with Crippen molar-refractivity contribution in [1.82, 2.24) is 10.3 Å². The minimum absolute atomic E-state index is 0.202. The van der Waals surface area contributed by atoms with E-state index in [1.807, 2.05) is 0 Å². The summed E-state index contributed by atoms with van der Waals surface area (Å²) in [4.78, 5) is 3.67. The molecule has 6 heteroatoms. The van der Waals surface area contributed by atoms with Crippen LogP contribution in [0.25, 0.3) is 0 Å². The molecule has 1 aliphatic carbocycles.